The Balaban J connectivity index is 1.56. The highest BCUT2D eigenvalue weighted by Gasteiger charge is 2.78. The molecule has 1 aromatic carbocycles. The Morgan fingerprint density at radius 1 is 1.11 bits per heavy atom. The summed E-state index contributed by atoms with van der Waals surface area (Å²) >= 11 is 0. The number of amides is 1. The molecule has 2 N–H and O–H groups in total. The third-order valence-electron chi connectivity index (χ3n) is 8.85. The Morgan fingerprint density at radius 2 is 1.89 bits per heavy atom. The van der Waals surface area contributed by atoms with Crippen molar-refractivity contribution in [3.8, 4) is 0 Å². The third-order valence-corrected chi connectivity index (χ3v) is 8.85. The van der Waals surface area contributed by atoms with E-state index < -0.39 is 17.7 Å². The van der Waals surface area contributed by atoms with Crippen molar-refractivity contribution >= 4 is 11.9 Å². The first-order valence-electron chi connectivity index (χ1n) is 13.0. The maximum atomic E-state index is 13.8. The number of carbonyl (C=O) groups excluding carboxylic acids is 2. The minimum atomic E-state index is -1.35. The second-order valence-corrected chi connectivity index (χ2v) is 11.2. The van der Waals surface area contributed by atoms with Gasteiger partial charge in [0.2, 0.25) is 5.60 Å². The Kier molecular flexibility index (Phi) is 6.39. The fourth-order valence-electron chi connectivity index (χ4n) is 6.74. The molecule has 0 unspecified atom stereocenters. The summed E-state index contributed by atoms with van der Waals surface area (Å²) < 4.78 is 12.5. The van der Waals surface area contributed by atoms with Gasteiger partial charge in [-0.3, -0.25) is 4.79 Å². The number of epoxide rings is 1. The maximum Gasteiger partial charge on any atom is 0.331 e. The van der Waals surface area contributed by atoms with Crippen LogP contribution in [0.2, 0.25) is 0 Å². The zero-order chi connectivity index (χ0) is 24.8. The molecule has 6 heteroatoms. The van der Waals surface area contributed by atoms with Gasteiger partial charge in [0.05, 0.1) is 23.7 Å². The van der Waals surface area contributed by atoms with Crippen LogP contribution in [0, 0.1) is 23.7 Å². The minimum absolute atomic E-state index is 0.00462. The van der Waals surface area contributed by atoms with E-state index >= 15 is 0 Å². The van der Waals surface area contributed by atoms with Crippen LogP contribution in [0.25, 0.3) is 0 Å². The van der Waals surface area contributed by atoms with E-state index in [2.05, 4.69) is 50.4 Å². The number of allylic oxidation sites excluding steroid dienone is 1. The van der Waals surface area contributed by atoms with Gasteiger partial charge in [-0.2, -0.15) is 0 Å². The normalized spacial score (nSPS) is 45.1. The zero-order valence-corrected chi connectivity index (χ0v) is 20.9. The number of esters is 1. The molecule has 6 nitrogen and oxygen atoms in total. The van der Waals surface area contributed by atoms with E-state index in [1.807, 2.05) is 18.2 Å². The molecule has 1 aromatic rings. The molecule has 35 heavy (non-hydrogen) atoms. The standard InChI is InChI=1S/C29H37NO5/c1-18-9-7-13-21(31)15-16-24(32)34-29-22(14-8-10-18)26-28(3,35-26)19(2)25(29)23(30-27(29)33)17-20-11-5-4-6-12-20/h4-6,8,11-12,14-16,18-19,21-23,25-26,31H,7,9-10,13,17H2,1-3H3,(H,30,33)/b14-8+,16-15+/t18-,19+,21-,22+,23+,25+,26+,28-,29-/m1/s1. The number of benzene rings is 1. The lowest BCUT2D eigenvalue weighted by atomic mass is 9.59. The highest BCUT2D eigenvalue weighted by Crippen LogP contribution is 2.63. The number of rotatable bonds is 2. The molecule has 1 saturated carbocycles. The smallest absolute Gasteiger partial charge is 0.331 e. The van der Waals surface area contributed by atoms with Gasteiger partial charge >= 0.3 is 5.97 Å². The van der Waals surface area contributed by atoms with Crippen molar-refractivity contribution in [2.75, 3.05) is 0 Å². The second kappa shape index (κ2) is 9.21. The summed E-state index contributed by atoms with van der Waals surface area (Å²) in [5, 5.41) is 13.5. The van der Waals surface area contributed by atoms with Crippen LogP contribution in [0.1, 0.15) is 52.0 Å². The van der Waals surface area contributed by atoms with Crippen LogP contribution in [0.15, 0.2) is 54.6 Å². The van der Waals surface area contributed by atoms with Crippen molar-refractivity contribution < 1.29 is 24.2 Å². The number of aliphatic hydroxyl groups excluding tert-OH is 1. The summed E-state index contributed by atoms with van der Waals surface area (Å²) in [6.07, 6.45) is 10.1. The predicted octanol–water partition coefficient (Wildman–Crippen LogP) is 3.73. The Labute approximate surface area is 207 Å². The molecular formula is C29H37NO5. The molecule has 3 fully saturated rings. The van der Waals surface area contributed by atoms with Crippen LogP contribution in [0.5, 0.6) is 0 Å². The van der Waals surface area contributed by atoms with E-state index in [1.165, 1.54) is 12.2 Å². The molecule has 3 heterocycles. The van der Waals surface area contributed by atoms with Crippen LogP contribution < -0.4 is 5.32 Å². The monoisotopic (exact) mass is 479 g/mol. The van der Waals surface area contributed by atoms with Crippen LogP contribution in [-0.4, -0.2) is 46.4 Å². The van der Waals surface area contributed by atoms with Crippen molar-refractivity contribution in [2.45, 2.75) is 82.3 Å². The van der Waals surface area contributed by atoms with Crippen LogP contribution in [0.3, 0.4) is 0 Å². The molecule has 0 bridgehead atoms. The lowest BCUT2D eigenvalue weighted by molar-refractivity contribution is -0.177. The van der Waals surface area contributed by atoms with Crippen LogP contribution >= 0.6 is 0 Å². The summed E-state index contributed by atoms with van der Waals surface area (Å²) in [4.78, 5) is 26.9. The first kappa shape index (κ1) is 24.3. The van der Waals surface area contributed by atoms with E-state index in [9.17, 15) is 14.7 Å². The van der Waals surface area contributed by atoms with Crippen molar-refractivity contribution in [3.63, 3.8) is 0 Å². The van der Waals surface area contributed by atoms with E-state index in [4.69, 9.17) is 9.47 Å². The molecule has 1 aliphatic carbocycles. The number of hydrogen-bond donors (Lipinski definition) is 2. The summed E-state index contributed by atoms with van der Waals surface area (Å²) in [6.45, 7) is 6.44. The highest BCUT2D eigenvalue weighted by molar-refractivity contribution is 5.94. The first-order valence-corrected chi connectivity index (χ1v) is 13.0. The Bertz CT molecular complexity index is 1020. The van der Waals surface area contributed by atoms with Crippen molar-refractivity contribution in [1.82, 2.24) is 5.32 Å². The van der Waals surface area contributed by atoms with Gasteiger partial charge in [-0.25, -0.2) is 4.79 Å². The van der Waals surface area contributed by atoms with Gasteiger partial charge in [0.1, 0.15) is 0 Å². The average Bonchev–Trinajstić information content (AvgIpc) is 3.45. The average molecular weight is 480 g/mol. The minimum Gasteiger partial charge on any atom is -0.445 e. The number of aliphatic hydroxyl groups is 1. The molecule has 0 aromatic heterocycles. The summed E-state index contributed by atoms with van der Waals surface area (Å²) in [5.74, 6) is -0.996. The van der Waals surface area contributed by atoms with Gasteiger partial charge in [-0.05, 0) is 49.7 Å². The van der Waals surface area contributed by atoms with Gasteiger partial charge < -0.3 is 19.9 Å². The largest absolute Gasteiger partial charge is 0.445 e. The van der Waals surface area contributed by atoms with Gasteiger partial charge in [0.15, 0.2) is 0 Å². The highest BCUT2D eigenvalue weighted by atomic mass is 16.6. The predicted molar refractivity (Wildman–Crippen MR) is 132 cm³/mol. The zero-order valence-electron chi connectivity index (χ0n) is 20.9. The molecule has 188 valence electrons. The molecule has 5 rings (SSSR count). The van der Waals surface area contributed by atoms with E-state index in [0.29, 0.717) is 18.8 Å². The second-order valence-electron chi connectivity index (χ2n) is 11.2. The number of carbonyl (C=O) groups is 2. The van der Waals surface area contributed by atoms with Gasteiger partial charge in [0.25, 0.3) is 5.91 Å². The number of ether oxygens (including phenoxy) is 2. The summed E-state index contributed by atoms with van der Waals surface area (Å²) in [6, 6.07) is 9.91. The number of hydrogen-bond acceptors (Lipinski definition) is 5. The van der Waals surface area contributed by atoms with Crippen LogP contribution in [0.4, 0.5) is 0 Å². The van der Waals surface area contributed by atoms with Crippen molar-refractivity contribution in [1.29, 1.82) is 0 Å². The van der Waals surface area contributed by atoms with E-state index in [1.54, 1.807) is 0 Å². The van der Waals surface area contributed by atoms with Crippen LogP contribution in [-0.2, 0) is 25.5 Å². The van der Waals surface area contributed by atoms with Gasteiger partial charge in [0, 0.05) is 18.0 Å². The van der Waals surface area contributed by atoms with Crippen molar-refractivity contribution in [3.05, 3.63) is 60.2 Å². The van der Waals surface area contributed by atoms with Gasteiger partial charge in [-0.15, -0.1) is 0 Å². The fourth-order valence-corrected chi connectivity index (χ4v) is 6.74. The topological polar surface area (TPSA) is 88.2 Å². The molecule has 1 amide bonds. The van der Waals surface area contributed by atoms with E-state index in [0.717, 1.165) is 24.8 Å². The Hall–Kier alpha value is -2.44. The molecule has 3 aliphatic heterocycles. The molecule has 0 radical (unpaired) electrons. The lowest BCUT2D eigenvalue weighted by Gasteiger charge is -2.45. The lowest BCUT2D eigenvalue weighted by Crippen LogP contribution is -2.61. The summed E-state index contributed by atoms with van der Waals surface area (Å²) in [5.41, 5.74) is -0.586. The first-order chi connectivity index (χ1) is 16.8. The molecule has 1 spiro atoms. The molecule has 2 saturated heterocycles. The quantitative estimate of drug-likeness (QED) is 0.383. The third kappa shape index (κ3) is 4.25. The van der Waals surface area contributed by atoms with Crippen molar-refractivity contribution in [2.24, 2.45) is 23.7 Å². The maximum absolute atomic E-state index is 13.8. The van der Waals surface area contributed by atoms with E-state index in [-0.39, 0.29) is 41.4 Å². The van der Waals surface area contributed by atoms with Gasteiger partial charge in [-0.1, -0.05) is 69.2 Å². The molecule has 9 atom stereocenters. The molecular weight excluding hydrogens is 442 g/mol. The molecule has 4 aliphatic rings. The number of fused-ring (bicyclic) bond motifs is 2. The Morgan fingerprint density at radius 3 is 2.66 bits per heavy atom. The number of nitrogens with one attached hydrogen (secondary N) is 1. The SMILES string of the molecule is C[C@H]1C/C=C/[C@H]2[C@@H]3O[C@]3(C)[C@@H](C)[C@H]3[C@H](Cc4ccccc4)NC(=O)[C@]32OC(=O)/C=C/[C@H](O)CCC1. The summed E-state index contributed by atoms with van der Waals surface area (Å²) in [7, 11) is 0. The fraction of sp³-hybridized carbons (Fsp3) is 0.586.